The highest BCUT2D eigenvalue weighted by atomic mass is 16.3. The predicted molar refractivity (Wildman–Crippen MR) is 71.4 cm³/mol. The number of nitrogens with one attached hydrogen (secondary N) is 1. The number of pyridine rings is 1. The maximum absolute atomic E-state index is 11.6. The second-order valence-electron chi connectivity index (χ2n) is 4.33. The van der Waals surface area contributed by atoms with E-state index < -0.39 is 6.10 Å². The van der Waals surface area contributed by atoms with E-state index >= 15 is 0 Å². The van der Waals surface area contributed by atoms with Crippen molar-refractivity contribution in [1.82, 2.24) is 10.3 Å². The van der Waals surface area contributed by atoms with Gasteiger partial charge in [-0.05, 0) is 31.0 Å². The SMILES string of the molecule is CCCNC(=O)CN(C)c1cc([C@@H](C)O)ccn1. The molecule has 1 aromatic rings. The normalized spacial score (nSPS) is 12.0. The lowest BCUT2D eigenvalue weighted by molar-refractivity contribution is -0.119. The average molecular weight is 251 g/mol. The van der Waals surface area contributed by atoms with Crippen LogP contribution in [0.1, 0.15) is 31.9 Å². The summed E-state index contributed by atoms with van der Waals surface area (Å²) in [5, 5.41) is 12.3. The molecule has 0 aliphatic rings. The summed E-state index contributed by atoms with van der Waals surface area (Å²) >= 11 is 0. The average Bonchev–Trinajstić information content (AvgIpc) is 2.36. The van der Waals surface area contributed by atoms with Gasteiger partial charge in [-0.2, -0.15) is 0 Å². The van der Waals surface area contributed by atoms with Crippen molar-refractivity contribution in [2.45, 2.75) is 26.4 Å². The Kier molecular flexibility index (Phi) is 5.58. The maximum atomic E-state index is 11.6. The molecule has 2 N–H and O–H groups in total. The highest BCUT2D eigenvalue weighted by Crippen LogP contribution is 2.16. The Hall–Kier alpha value is -1.62. The summed E-state index contributed by atoms with van der Waals surface area (Å²) in [5.41, 5.74) is 0.792. The van der Waals surface area contributed by atoms with E-state index in [1.807, 2.05) is 6.92 Å². The summed E-state index contributed by atoms with van der Waals surface area (Å²) < 4.78 is 0. The molecule has 0 aliphatic heterocycles. The lowest BCUT2D eigenvalue weighted by atomic mass is 10.2. The number of likely N-dealkylation sites (N-methyl/N-ethyl adjacent to an activating group) is 1. The first-order chi connectivity index (χ1) is 8.54. The molecule has 1 amide bonds. The Morgan fingerprint density at radius 2 is 2.33 bits per heavy atom. The van der Waals surface area contributed by atoms with Crippen molar-refractivity contribution in [2.24, 2.45) is 0 Å². The molecule has 1 rings (SSSR count). The highest BCUT2D eigenvalue weighted by Gasteiger charge is 2.09. The first-order valence-corrected chi connectivity index (χ1v) is 6.16. The molecule has 1 heterocycles. The van der Waals surface area contributed by atoms with Gasteiger partial charge in [-0.1, -0.05) is 6.92 Å². The molecular formula is C13H21N3O2. The third-order valence-electron chi connectivity index (χ3n) is 2.60. The Labute approximate surface area is 108 Å². The van der Waals surface area contributed by atoms with Gasteiger partial charge in [-0.25, -0.2) is 4.98 Å². The number of hydrogen-bond donors (Lipinski definition) is 2. The Morgan fingerprint density at radius 1 is 1.61 bits per heavy atom. The van der Waals surface area contributed by atoms with E-state index in [4.69, 9.17) is 0 Å². The van der Waals surface area contributed by atoms with Gasteiger partial charge in [-0.3, -0.25) is 4.79 Å². The number of rotatable bonds is 6. The lowest BCUT2D eigenvalue weighted by Gasteiger charge is -2.18. The fourth-order valence-electron chi connectivity index (χ4n) is 1.52. The summed E-state index contributed by atoms with van der Waals surface area (Å²) in [4.78, 5) is 17.5. The number of aromatic nitrogens is 1. The van der Waals surface area contributed by atoms with Crippen molar-refractivity contribution in [3.05, 3.63) is 23.9 Å². The number of amides is 1. The largest absolute Gasteiger partial charge is 0.389 e. The van der Waals surface area contributed by atoms with Gasteiger partial charge < -0.3 is 15.3 Å². The van der Waals surface area contributed by atoms with Crippen molar-refractivity contribution in [3.63, 3.8) is 0 Å². The van der Waals surface area contributed by atoms with Crippen LogP contribution < -0.4 is 10.2 Å². The van der Waals surface area contributed by atoms with E-state index in [1.54, 1.807) is 37.2 Å². The van der Waals surface area contributed by atoms with Crippen LogP contribution in [0.25, 0.3) is 0 Å². The second-order valence-corrected chi connectivity index (χ2v) is 4.33. The van der Waals surface area contributed by atoms with Crippen LogP contribution in [0.2, 0.25) is 0 Å². The van der Waals surface area contributed by atoms with E-state index in [2.05, 4.69) is 10.3 Å². The van der Waals surface area contributed by atoms with Crippen LogP contribution in [0.3, 0.4) is 0 Å². The van der Waals surface area contributed by atoms with Gasteiger partial charge >= 0.3 is 0 Å². The monoisotopic (exact) mass is 251 g/mol. The molecule has 100 valence electrons. The summed E-state index contributed by atoms with van der Waals surface area (Å²) in [5.74, 6) is 0.656. The fraction of sp³-hybridized carbons (Fsp3) is 0.538. The van der Waals surface area contributed by atoms with Gasteiger partial charge in [-0.15, -0.1) is 0 Å². The van der Waals surface area contributed by atoms with Gasteiger partial charge in [0.05, 0.1) is 12.6 Å². The predicted octanol–water partition coefficient (Wildman–Crippen LogP) is 1.10. The maximum Gasteiger partial charge on any atom is 0.239 e. The molecule has 0 radical (unpaired) electrons. The third-order valence-corrected chi connectivity index (χ3v) is 2.60. The van der Waals surface area contributed by atoms with Crippen LogP contribution in [0, 0.1) is 0 Å². The Bertz CT molecular complexity index is 394. The van der Waals surface area contributed by atoms with Crippen LogP contribution >= 0.6 is 0 Å². The van der Waals surface area contributed by atoms with Crippen LogP contribution in [0.5, 0.6) is 0 Å². The van der Waals surface area contributed by atoms with Gasteiger partial charge in [0, 0.05) is 19.8 Å². The molecular weight excluding hydrogens is 230 g/mol. The van der Waals surface area contributed by atoms with Gasteiger partial charge in [0.15, 0.2) is 0 Å². The van der Waals surface area contributed by atoms with Crippen LogP contribution in [-0.2, 0) is 4.79 Å². The van der Waals surface area contributed by atoms with Gasteiger partial charge in [0.2, 0.25) is 5.91 Å². The number of carbonyl (C=O) groups excluding carboxylic acids is 1. The molecule has 1 atom stereocenters. The highest BCUT2D eigenvalue weighted by molar-refractivity contribution is 5.80. The first-order valence-electron chi connectivity index (χ1n) is 6.16. The van der Waals surface area contributed by atoms with E-state index in [1.165, 1.54) is 0 Å². The standard InChI is InChI=1S/C13H21N3O2/c1-4-6-15-13(18)9-16(3)12-8-11(10(2)17)5-7-14-12/h5,7-8,10,17H,4,6,9H2,1-3H3,(H,15,18)/t10-/m1/s1. The smallest absolute Gasteiger partial charge is 0.239 e. The van der Waals surface area contributed by atoms with E-state index in [0.29, 0.717) is 12.4 Å². The zero-order chi connectivity index (χ0) is 13.5. The topological polar surface area (TPSA) is 65.5 Å². The molecule has 5 heteroatoms. The number of aliphatic hydroxyl groups is 1. The van der Waals surface area contributed by atoms with E-state index in [9.17, 15) is 9.90 Å². The van der Waals surface area contributed by atoms with Crippen LogP contribution in [0.4, 0.5) is 5.82 Å². The number of nitrogens with zero attached hydrogens (tertiary/aromatic N) is 2. The van der Waals surface area contributed by atoms with Crippen molar-refractivity contribution >= 4 is 11.7 Å². The van der Waals surface area contributed by atoms with Crippen molar-refractivity contribution in [3.8, 4) is 0 Å². The minimum Gasteiger partial charge on any atom is -0.389 e. The van der Waals surface area contributed by atoms with E-state index in [-0.39, 0.29) is 12.5 Å². The van der Waals surface area contributed by atoms with Gasteiger partial charge in [0.1, 0.15) is 5.82 Å². The fourth-order valence-corrected chi connectivity index (χ4v) is 1.52. The summed E-state index contributed by atoms with van der Waals surface area (Å²) in [6.07, 6.45) is 2.03. The molecule has 0 saturated carbocycles. The zero-order valence-electron chi connectivity index (χ0n) is 11.2. The van der Waals surface area contributed by atoms with Gasteiger partial charge in [0.25, 0.3) is 0 Å². The minimum absolute atomic E-state index is 0.0244. The molecule has 1 aromatic heterocycles. The molecule has 0 aromatic carbocycles. The lowest BCUT2D eigenvalue weighted by Crippen LogP contribution is -2.35. The molecule has 0 unspecified atom stereocenters. The summed E-state index contributed by atoms with van der Waals surface area (Å²) in [6.45, 7) is 4.66. The van der Waals surface area contributed by atoms with E-state index in [0.717, 1.165) is 12.0 Å². The number of hydrogen-bond acceptors (Lipinski definition) is 4. The first kappa shape index (κ1) is 14.4. The minimum atomic E-state index is -0.533. The quantitative estimate of drug-likeness (QED) is 0.794. The van der Waals surface area contributed by atoms with Crippen molar-refractivity contribution in [2.75, 3.05) is 25.0 Å². The third kappa shape index (κ3) is 4.33. The van der Waals surface area contributed by atoms with Crippen molar-refractivity contribution in [1.29, 1.82) is 0 Å². The number of anilines is 1. The Balaban J connectivity index is 2.63. The number of carbonyl (C=O) groups is 1. The summed E-state index contributed by atoms with van der Waals surface area (Å²) in [7, 11) is 1.81. The molecule has 0 saturated heterocycles. The summed E-state index contributed by atoms with van der Waals surface area (Å²) in [6, 6.07) is 3.55. The molecule has 18 heavy (non-hydrogen) atoms. The second kappa shape index (κ2) is 6.96. The van der Waals surface area contributed by atoms with Crippen molar-refractivity contribution < 1.29 is 9.90 Å². The molecule has 0 spiro atoms. The number of aliphatic hydroxyl groups excluding tert-OH is 1. The zero-order valence-corrected chi connectivity index (χ0v) is 11.2. The molecule has 0 fully saturated rings. The molecule has 0 aliphatic carbocycles. The Morgan fingerprint density at radius 3 is 2.94 bits per heavy atom. The molecule has 0 bridgehead atoms. The van der Waals surface area contributed by atoms with Crippen LogP contribution in [-0.4, -0.2) is 36.1 Å². The molecule has 5 nitrogen and oxygen atoms in total. The van der Waals surface area contributed by atoms with Crippen LogP contribution in [0.15, 0.2) is 18.3 Å².